The molecule has 0 radical (unpaired) electrons. The minimum absolute atomic E-state index is 0.0201. The van der Waals surface area contributed by atoms with E-state index >= 15 is 0 Å². The average Bonchev–Trinajstić information content (AvgIpc) is 2.41. The van der Waals surface area contributed by atoms with Crippen molar-refractivity contribution in [3.63, 3.8) is 0 Å². The zero-order valence-electron chi connectivity index (χ0n) is 9.97. The molecule has 0 spiro atoms. The lowest BCUT2D eigenvalue weighted by molar-refractivity contribution is 0.166. The molecule has 1 aromatic carbocycles. The molecular formula is C13H15BrFNO2. The molecule has 3 rings (SSSR count). The molecule has 0 saturated carbocycles. The molecule has 5 heteroatoms. The van der Waals surface area contributed by atoms with Gasteiger partial charge in [0, 0.05) is 12.1 Å². The van der Waals surface area contributed by atoms with E-state index in [-0.39, 0.29) is 11.9 Å². The average molecular weight is 316 g/mol. The van der Waals surface area contributed by atoms with Gasteiger partial charge in [-0.25, -0.2) is 4.39 Å². The van der Waals surface area contributed by atoms with Crippen LogP contribution in [0.3, 0.4) is 0 Å². The standard InChI is InChI=1S/C13H15BrFNO2/c14-8-7-10-13(18-6-5-17-10)11(12(8)15)9-3-1-2-4-16-9/h7,9,16H,1-6H2. The van der Waals surface area contributed by atoms with Crippen LogP contribution in [0.15, 0.2) is 10.5 Å². The summed E-state index contributed by atoms with van der Waals surface area (Å²) in [5.74, 6) is 0.969. The molecule has 1 unspecified atom stereocenters. The van der Waals surface area contributed by atoms with Gasteiger partial charge in [-0.2, -0.15) is 0 Å². The van der Waals surface area contributed by atoms with Crippen molar-refractivity contribution in [2.75, 3.05) is 19.8 Å². The molecule has 1 N–H and O–H groups in total. The van der Waals surface area contributed by atoms with E-state index in [0.29, 0.717) is 34.7 Å². The third-order valence-corrected chi connectivity index (χ3v) is 4.00. The Kier molecular flexibility index (Phi) is 3.43. The highest BCUT2D eigenvalue weighted by molar-refractivity contribution is 9.10. The van der Waals surface area contributed by atoms with E-state index in [1.807, 2.05) is 0 Å². The van der Waals surface area contributed by atoms with Crippen LogP contribution < -0.4 is 14.8 Å². The quantitative estimate of drug-likeness (QED) is 0.863. The lowest BCUT2D eigenvalue weighted by Gasteiger charge is -2.29. The molecule has 0 aliphatic carbocycles. The Balaban J connectivity index is 2.07. The first-order chi connectivity index (χ1) is 8.77. The molecule has 2 heterocycles. The van der Waals surface area contributed by atoms with Crippen molar-refractivity contribution < 1.29 is 13.9 Å². The summed E-state index contributed by atoms with van der Waals surface area (Å²) >= 11 is 3.25. The predicted molar refractivity (Wildman–Crippen MR) is 69.7 cm³/mol. The molecule has 18 heavy (non-hydrogen) atoms. The van der Waals surface area contributed by atoms with Crippen LogP contribution >= 0.6 is 15.9 Å². The Hall–Kier alpha value is -0.810. The highest BCUT2D eigenvalue weighted by Gasteiger charge is 2.28. The number of rotatable bonds is 1. The summed E-state index contributed by atoms with van der Waals surface area (Å²) in [5, 5.41) is 3.36. The van der Waals surface area contributed by atoms with E-state index in [1.165, 1.54) is 0 Å². The van der Waals surface area contributed by atoms with E-state index in [0.717, 1.165) is 25.8 Å². The number of hydrogen-bond donors (Lipinski definition) is 1. The molecule has 1 fully saturated rings. The SMILES string of the molecule is Fc1c(Br)cc2c(c1C1CCCCN1)OCCO2. The van der Waals surface area contributed by atoms with Gasteiger partial charge in [0.05, 0.1) is 10.0 Å². The maximum Gasteiger partial charge on any atom is 0.169 e. The van der Waals surface area contributed by atoms with Crippen molar-refractivity contribution in [1.29, 1.82) is 0 Å². The van der Waals surface area contributed by atoms with Gasteiger partial charge in [0.25, 0.3) is 0 Å². The van der Waals surface area contributed by atoms with Crippen LogP contribution in [0.4, 0.5) is 4.39 Å². The Morgan fingerprint density at radius 3 is 2.89 bits per heavy atom. The zero-order valence-corrected chi connectivity index (χ0v) is 11.6. The number of fused-ring (bicyclic) bond motifs is 1. The van der Waals surface area contributed by atoms with Crippen LogP contribution in [0.5, 0.6) is 11.5 Å². The van der Waals surface area contributed by atoms with E-state index in [9.17, 15) is 4.39 Å². The molecular weight excluding hydrogens is 301 g/mol. The van der Waals surface area contributed by atoms with Gasteiger partial charge < -0.3 is 14.8 Å². The van der Waals surface area contributed by atoms with Crippen LogP contribution in [0.25, 0.3) is 0 Å². The van der Waals surface area contributed by atoms with Crippen molar-refractivity contribution in [3.05, 3.63) is 21.9 Å². The monoisotopic (exact) mass is 315 g/mol. The van der Waals surface area contributed by atoms with Gasteiger partial charge in [0.1, 0.15) is 19.0 Å². The minimum atomic E-state index is -0.237. The Labute approximate surface area is 114 Å². The van der Waals surface area contributed by atoms with Crippen molar-refractivity contribution in [3.8, 4) is 11.5 Å². The van der Waals surface area contributed by atoms with Gasteiger partial charge in [-0.3, -0.25) is 0 Å². The summed E-state index contributed by atoms with van der Waals surface area (Å²) in [4.78, 5) is 0. The molecule has 0 aromatic heterocycles. The molecule has 0 amide bonds. The summed E-state index contributed by atoms with van der Waals surface area (Å²) in [6.45, 7) is 1.92. The first-order valence-electron chi connectivity index (χ1n) is 6.28. The van der Waals surface area contributed by atoms with Gasteiger partial charge in [-0.05, 0) is 35.3 Å². The number of hydrogen-bond acceptors (Lipinski definition) is 3. The fraction of sp³-hybridized carbons (Fsp3) is 0.538. The lowest BCUT2D eigenvalue weighted by Crippen LogP contribution is -2.29. The Morgan fingerprint density at radius 2 is 2.11 bits per heavy atom. The van der Waals surface area contributed by atoms with Gasteiger partial charge in [-0.1, -0.05) is 6.42 Å². The minimum Gasteiger partial charge on any atom is -0.486 e. The molecule has 2 aliphatic heterocycles. The Bertz CT molecular complexity index is 461. The molecule has 1 aromatic rings. The third-order valence-electron chi connectivity index (χ3n) is 3.42. The van der Waals surface area contributed by atoms with Crippen LogP contribution in [-0.2, 0) is 0 Å². The molecule has 1 saturated heterocycles. The first kappa shape index (κ1) is 12.2. The molecule has 2 aliphatic rings. The second-order valence-corrected chi connectivity index (χ2v) is 5.47. The van der Waals surface area contributed by atoms with Crippen LogP contribution in [-0.4, -0.2) is 19.8 Å². The van der Waals surface area contributed by atoms with Crippen molar-refractivity contribution in [2.24, 2.45) is 0 Å². The van der Waals surface area contributed by atoms with Gasteiger partial charge >= 0.3 is 0 Å². The highest BCUT2D eigenvalue weighted by Crippen LogP contribution is 2.43. The second-order valence-electron chi connectivity index (χ2n) is 4.61. The Morgan fingerprint density at radius 1 is 1.28 bits per heavy atom. The summed E-state index contributed by atoms with van der Waals surface area (Å²) < 4.78 is 25.9. The summed E-state index contributed by atoms with van der Waals surface area (Å²) in [6, 6.07) is 1.67. The first-order valence-corrected chi connectivity index (χ1v) is 7.07. The largest absolute Gasteiger partial charge is 0.486 e. The summed E-state index contributed by atoms with van der Waals surface area (Å²) in [5.41, 5.74) is 0.610. The smallest absolute Gasteiger partial charge is 0.169 e. The van der Waals surface area contributed by atoms with Crippen LogP contribution in [0, 0.1) is 5.82 Å². The number of ether oxygens (including phenoxy) is 2. The van der Waals surface area contributed by atoms with Crippen molar-refractivity contribution >= 4 is 15.9 Å². The summed E-state index contributed by atoms with van der Waals surface area (Å²) in [7, 11) is 0. The zero-order chi connectivity index (χ0) is 12.5. The maximum absolute atomic E-state index is 14.4. The van der Waals surface area contributed by atoms with Crippen molar-refractivity contribution in [2.45, 2.75) is 25.3 Å². The molecule has 3 nitrogen and oxygen atoms in total. The number of piperidine rings is 1. The number of nitrogens with one attached hydrogen (secondary N) is 1. The summed E-state index contributed by atoms with van der Waals surface area (Å²) in [6.07, 6.45) is 3.19. The van der Waals surface area contributed by atoms with E-state index in [2.05, 4.69) is 21.2 Å². The van der Waals surface area contributed by atoms with Crippen molar-refractivity contribution in [1.82, 2.24) is 5.32 Å². The maximum atomic E-state index is 14.4. The van der Waals surface area contributed by atoms with Gasteiger partial charge in [0.15, 0.2) is 11.5 Å². The second kappa shape index (κ2) is 5.05. The number of halogens is 2. The fourth-order valence-corrected chi connectivity index (χ4v) is 2.99. The molecule has 1 atom stereocenters. The van der Waals surface area contributed by atoms with Crippen LogP contribution in [0.1, 0.15) is 30.9 Å². The molecule has 98 valence electrons. The topological polar surface area (TPSA) is 30.5 Å². The van der Waals surface area contributed by atoms with E-state index < -0.39 is 0 Å². The third kappa shape index (κ3) is 2.10. The highest BCUT2D eigenvalue weighted by atomic mass is 79.9. The fourth-order valence-electron chi connectivity index (χ4n) is 2.57. The lowest BCUT2D eigenvalue weighted by atomic mass is 9.96. The number of benzene rings is 1. The van der Waals surface area contributed by atoms with Gasteiger partial charge in [-0.15, -0.1) is 0 Å². The normalized spacial score (nSPS) is 22.9. The van der Waals surface area contributed by atoms with Crippen LogP contribution in [0.2, 0.25) is 0 Å². The van der Waals surface area contributed by atoms with Gasteiger partial charge in [0.2, 0.25) is 0 Å². The van der Waals surface area contributed by atoms with E-state index in [4.69, 9.17) is 9.47 Å². The molecule has 0 bridgehead atoms. The predicted octanol–water partition coefficient (Wildman–Crippen LogP) is 3.17. The van der Waals surface area contributed by atoms with E-state index in [1.54, 1.807) is 6.07 Å².